The zero-order chi connectivity index (χ0) is 10.6. The predicted molar refractivity (Wildman–Crippen MR) is 53.9 cm³/mol. The van der Waals surface area contributed by atoms with Crippen LogP contribution in [0.15, 0.2) is 18.2 Å². The van der Waals surface area contributed by atoms with Crippen LogP contribution in [0.3, 0.4) is 0 Å². The van der Waals surface area contributed by atoms with Crippen molar-refractivity contribution in [2.75, 3.05) is 6.54 Å². The van der Waals surface area contributed by atoms with E-state index in [1.807, 2.05) is 13.8 Å². The summed E-state index contributed by atoms with van der Waals surface area (Å²) >= 11 is 0. The van der Waals surface area contributed by atoms with Crippen LogP contribution in [-0.2, 0) is 0 Å². The molecule has 0 aromatic heterocycles. The largest absolute Gasteiger partial charge is 0.352 e. The molecule has 0 aliphatic heterocycles. The Morgan fingerprint density at radius 2 is 2.29 bits per heavy atom. The number of hydrogen-bond acceptors (Lipinski definition) is 2. The van der Waals surface area contributed by atoms with Gasteiger partial charge in [-0.2, -0.15) is 5.26 Å². The fourth-order valence-electron chi connectivity index (χ4n) is 1.19. The van der Waals surface area contributed by atoms with Crippen molar-refractivity contribution in [3.8, 4) is 6.07 Å². The standard InChI is InChI=1S/C11H12N2O/c1-3-13-11(14)9-4-5-10(7-12)8(2)6-9/h4-6H,3H2,1-2H3,(H,13,14). The van der Waals surface area contributed by atoms with Crippen LogP contribution in [0.4, 0.5) is 0 Å². The molecule has 1 rings (SSSR count). The lowest BCUT2D eigenvalue weighted by Crippen LogP contribution is -2.22. The Labute approximate surface area is 83.4 Å². The summed E-state index contributed by atoms with van der Waals surface area (Å²) in [7, 11) is 0. The van der Waals surface area contributed by atoms with Gasteiger partial charge in [0, 0.05) is 12.1 Å². The zero-order valence-corrected chi connectivity index (χ0v) is 8.29. The van der Waals surface area contributed by atoms with Gasteiger partial charge in [0.15, 0.2) is 0 Å². The summed E-state index contributed by atoms with van der Waals surface area (Å²) < 4.78 is 0. The van der Waals surface area contributed by atoms with Crippen molar-refractivity contribution in [1.82, 2.24) is 5.32 Å². The monoisotopic (exact) mass is 188 g/mol. The summed E-state index contributed by atoms with van der Waals surface area (Å²) in [5.74, 6) is -0.0971. The Kier molecular flexibility index (Phi) is 3.24. The van der Waals surface area contributed by atoms with Gasteiger partial charge in [0.05, 0.1) is 11.6 Å². The molecule has 0 bridgehead atoms. The second-order valence-corrected chi connectivity index (χ2v) is 3.00. The van der Waals surface area contributed by atoms with E-state index in [0.717, 1.165) is 5.56 Å². The van der Waals surface area contributed by atoms with Crippen LogP contribution in [0.5, 0.6) is 0 Å². The normalized spacial score (nSPS) is 9.21. The van der Waals surface area contributed by atoms with E-state index in [4.69, 9.17) is 5.26 Å². The van der Waals surface area contributed by atoms with E-state index in [1.54, 1.807) is 18.2 Å². The molecule has 0 radical (unpaired) electrons. The number of nitriles is 1. The summed E-state index contributed by atoms with van der Waals surface area (Å²) in [6, 6.07) is 7.12. The lowest BCUT2D eigenvalue weighted by Gasteiger charge is -2.03. The maximum Gasteiger partial charge on any atom is 0.251 e. The second kappa shape index (κ2) is 4.43. The molecular formula is C11H12N2O. The highest BCUT2D eigenvalue weighted by Gasteiger charge is 2.05. The van der Waals surface area contributed by atoms with E-state index in [1.165, 1.54) is 0 Å². The van der Waals surface area contributed by atoms with E-state index >= 15 is 0 Å². The fourth-order valence-corrected chi connectivity index (χ4v) is 1.19. The summed E-state index contributed by atoms with van der Waals surface area (Å²) in [6.45, 7) is 4.30. The number of nitrogens with zero attached hydrogens (tertiary/aromatic N) is 1. The molecule has 1 aromatic carbocycles. The number of carbonyl (C=O) groups excluding carboxylic acids is 1. The number of amides is 1. The van der Waals surface area contributed by atoms with Crippen molar-refractivity contribution in [2.45, 2.75) is 13.8 Å². The summed E-state index contributed by atoms with van der Waals surface area (Å²) in [5.41, 5.74) is 2.04. The molecule has 0 atom stereocenters. The highest BCUT2D eigenvalue weighted by molar-refractivity contribution is 5.94. The Morgan fingerprint density at radius 3 is 2.79 bits per heavy atom. The van der Waals surface area contributed by atoms with Crippen molar-refractivity contribution in [1.29, 1.82) is 5.26 Å². The van der Waals surface area contributed by atoms with Gasteiger partial charge >= 0.3 is 0 Å². The highest BCUT2D eigenvalue weighted by Crippen LogP contribution is 2.09. The first-order valence-corrected chi connectivity index (χ1v) is 4.48. The maximum absolute atomic E-state index is 11.4. The minimum absolute atomic E-state index is 0.0971. The minimum Gasteiger partial charge on any atom is -0.352 e. The number of hydrogen-bond donors (Lipinski definition) is 1. The van der Waals surface area contributed by atoms with E-state index < -0.39 is 0 Å². The Bertz CT molecular complexity index is 391. The van der Waals surface area contributed by atoms with Crippen LogP contribution in [0.25, 0.3) is 0 Å². The molecular weight excluding hydrogens is 176 g/mol. The van der Waals surface area contributed by atoms with Crippen LogP contribution in [0.1, 0.15) is 28.4 Å². The van der Waals surface area contributed by atoms with Crippen molar-refractivity contribution >= 4 is 5.91 Å². The Hall–Kier alpha value is -1.82. The minimum atomic E-state index is -0.0971. The van der Waals surface area contributed by atoms with E-state index in [-0.39, 0.29) is 5.91 Å². The molecule has 1 amide bonds. The number of aryl methyl sites for hydroxylation is 1. The lowest BCUT2D eigenvalue weighted by atomic mass is 10.1. The first-order valence-electron chi connectivity index (χ1n) is 4.48. The average Bonchev–Trinajstić information content (AvgIpc) is 2.18. The van der Waals surface area contributed by atoms with Crippen molar-refractivity contribution in [3.05, 3.63) is 34.9 Å². The average molecular weight is 188 g/mol. The molecule has 0 saturated heterocycles. The van der Waals surface area contributed by atoms with Crippen molar-refractivity contribution in [2.24, 2.45) is 0 Å². The molecule has 72 valence electrons. The molecule has 0 heterocycles. The topological polar surface area (TPSA) is 52.9 Å². The van der Waals surface area contributed by atoms with Crippen LogP contribution in [0, 0.1) is 18.3 Å². The van der Waals surface area contributed by atoms with Gasteiger partial charge in [-0.3, -0.25) is 4.79 Å². The van der Waals surface area contributed by atoms with Crippen LogP contribution >= 0.6 is 0 Å². The van der Waals surface area contributed by atoms with E-state index in [0.29, 0.717) is 17.7 Å². The van der Waals surface area contributed by atoms with Gasteiger partial charge in [0.1, 0.15) is 0 Å². The summed E-state index contributed by atoms with van der Waals surface area (Å²) in [5, 5.41) is 11.4. The fraction of sp³-hybridized carbons (Fsp3) is 0.273. The second-order valence-electron chi connectivity index (χ2n) is 3.00. The van der Waals surface area contributed by atoms with Gasteiger partial charge in [-0.05, 0) is 37.6 Å². The van der Waals surface area contributed by atoms with Gasteiger partial charge in [-0.1, -0.05) is 0 Å². The van der Waals surface area contributed by atoms with Crippen LogP contribution in [-0.4, -0.2) is 12.5 Å². The molecule has 0 fully saturated rings. The summed E-state index contributed by atoms with van der Waals surface area (Å²) in [6.07, 6.45) is 0. The third-order valence-corrected chi connectivity index (χ3v) is 1.95. The third-order valence-electron chi connectivity index (χ3n) is 1.95. The van der Waals surface area contributed by atoms with E-state index in [2.05, 4.69) is 11.4 Å². The van der Waals surface area contributed by atoms with E-state index in [9.17, 15) is 4.79 Å². The maximum atomic E-state index is 11.4. The molecule has 1 N–H and O–H groups in total. The molecule has 0 spiro atoms. The molecule has 3 heteroatoms. The number of rotatable bonds is 2. The lowest BCUT2D eigenvalue weighted by molar-refractivity contribution is 0.0956. The Balaban J connectivity index is 2.98. The van der Waals surface area contributed by atoms with Gasteiger partial charge in [0.25, 0.3) is 5.91 Å². The smallest absolute Gasteiger partial charge is 0.251 e. The quantitative estimate of drug-likeness (QED) is 0.766. The van der Waals surface area contributed by atoms with Crippen LogP contribution < -0.4 is 5.32 Å². The Morgan fingerprint density at radius 1 is 1.57 bits per heavy atom. The highest BCUT2D eigenvalue weighted by atomic mass is 16.1. The first-order chi connectivity index (χ1) is 6.69. The SMILES string of the molecule is CCNC(=O)c1ccc(C#N)c(C)c1. The molecule has 3 nitrogen and oxygen atoms in total. The first kappa shape index (κ1) is 10.3. The predicted octanol–water partition coefficient (Wildman–Crippen LogP) is 1.62. The molecule has 1 aromatic rings. The van der Waals surface area contributed by atoms with Gasteiger partial charge in [0.2, 0.25) is 0 Å². The van der Waals surface area contributed by atoms with Gasteiger partial charge < -0.3 is 5.32 Å². The zero-order valence-electron chi connectivity index (χ0n) is 8.29. The number of nitrogens with one attached hydrogen (secondary N) is 1. The molecule has 0 saturated carbocycles. The van der Waals surface area contributed by atoms with Crippen molar-refractivity contribution < 1.29 is 4.79 Å². The molecule has 0 aliphatic rings. The van der Waals surface area contributed by atoms with Gasteiger partial charge in [-0.15, -0.1) is 0 Å². The van der Waals surface area contributed by atoms with Gasteiger partial charge in [-0.25, -0.2) is 0 Å². The third kappa shape index (κ3) is 2.11. The van der Waals surface area contributed by atoms with Crippen LogP contribution in [0.2, 0.25) is 0 Å². The van der Waals surface area contributed by atoms with Crippen molar-refractivity contribution in [3.63, 3.8) is 0 Å². The molecule has 0 aliphatic carbocycles. The number of benzene rings is 1. The molecule has 14 heavy (non-hydrogen) atoms. The molecule has 0 unspecified atom stereocenters. The summed E-state index contributed by atoms with van der Waals surface area (Å²) in [4.78, 5) is 11.4. The number of carbonyl (C=O) groups is 1.